The average Bonchev–Trinajstić information content (AvgIpc) is 2.49. The van der Waals surface area contributed by atoms with Gasteiger partial charge in [0.2, 0.25) is 0 Å². The van der Waals surface area contributed by atoms with E-state index in [0.717, 1.165) is 21.3 Å². The van der Waals surface area contributed by atoms with Crippen LogP contribution in [-0.2, 0) is 0 Å². The molecule has 0 fully saturated rings. The highest BCUT2D eigenvalue weighted by atomic mass is 14.6. The smallest absolute Gasteiger partial charge is 0.0786 e. The van der Waals surface area contributed by atoms with Crippen LogP contribution in [0.3, 0.4) is 0 Å². The Morgan fingerprint density at radius 2 is 1.65 bits per heavy atom. The molecule has 0 saturated carbocycles. The minimum absolute atomic E-state index is 1.03. The molecule has 0 amide bonds. The lowest BCUT2D eigenvalue weighted by molar-refractivity contribution is 1.36. The van der Waals surface area contributed by atoms with E-state index in [4.69, 9.17) is 0 Å². The van der Waals surface area contributed by atoms with Crippen molar-refractivity contribution in [3.63, 3.8) is 0 Å². The van der Waals surface area contributed by atoms with Gasteiger partial charge in [-0.05, 0) is 10.6 Å². The zero-order valence-electron chi connectivity index (χ0n) is 11.2. The van der Waals surface area contributed by atoms with Crippen molar-refractivity contribution in [3.8, 4) is 0 Å². The van der Waals surface area contributed by atoms with E-state index in [2.05, 4.69) is 42.4 Å². The van der Waals surface area contributed by atoms with E-state index < -0.39 is 0 Å². The fourth-order valence-electron chi connectivity index (χ4n) is 2.53. The van der Waals surface area contributed by atoms with Crippen molar-refractivity contribution in [2.24, 2.45) is 0 Å². The summed E-state index contributed by atoms with van der Waals surface area (Å²) in [5, 5.41) is 5.71. The Kier molecular flexibility index (Phi) is 3.18. The predicted molar refractivity (Wildman–Crippen MR) is 87.8 cm³/mol. The molecule has 0 saturated heterocycles. The van der Waals surface area contributed by atoms with Gasteiger partial charge in [-0.3, -0.25) is 4.98 Å². The highest BCUT2D eigenvalue weighted by Crippen LogP contribution is 2.20. The number of allylic oxidation sites excluding steroid dienone is 2. The molecule has 0 aliphatic heterocycles. The summed E-state index contributed by atoms with van der Waals surface area (Å²) in [6.45, 7) is 7.57. The van der Waals surface area contributed by atoms with Crippen molar-refractivity contribution in [2.75, 3.05) is 0 Å². The molecule has 0 atom stereocenters. The van der Waals surface area contributed by atoms with Crippen LogP contribution in [-0.4, -0.2) is 4.98 Å². The molecule has 0 radical (unpaired) electrons. The SMILES string of the molecule is C=C/C=c1\c(=C/C=C)cnc2c1ccc1ccccc12. The van der Waals surface area contributed by atoms with Gasteiger partial charge in [-0.1, -0.05) is 73.9 Å². The Bertz CT molecular complexity index is 933. The van der Waals surface area contributed by atoms with Crippen molar-refractivity contribution < 1.29 is 0 Å². The molecule has 0 N–H and O–H groups in total. The number of hydrogen-bond donors (Lipinski definition) is 0. The molecule has 3 rings (SSSR count). The largest absolute Gasteiger partial charge is 0.255 e. The first-order valence-electron chi connectivity index (χ1n) is 6.57. The molecule has 1 heteroatoms. The van der Waals surface area contributed by atoms with Gasteiger partial charge in [-0.25, -0.2) is 0 Å². The molecule has 1 nitrogen and oxygen atoms in total. The number of benzene rings is 2. The normalized spacial score (nSPS) is 13.0. The van der Waals surface area contributed by atoms with Crippen molar-refractivity contribution in [1.29, 1.82) is 0 Å². The maximum Gasteiger partial charge on any atom is 0.0786 e. The van der Waals surface area contributed by atoms with E-state index in [9.17, 15) is 0 Å². The highest BCUT2D eigenvalue weighted by molar-refractivity contribution is 6.05. The lowest BCUT2D eigenvalue weighted by atomic mass is 10.0. The number of rotatable bonds is 2. The highest BCUT2D eigenvalue weighted by Gasteiger charge is 2.02. The molecule has 1 aromatic heterocycles. The first kappa shape index (κ1) is 12.4. The van der Waals surface area contributed by atoms with Crippen molar-refractivity contribution >= 4 is 33.8 Å². The quantitative estimate of drug-likeness (QED) is 0.642. The maximum atomic E-state index is 4.64. The minimum atomic E-state index is 1.03. The van der Waals surface area contributed by atoms with Gasteiger partial charge in [0.25, 0.3) is 0 Å². The van der Waals surface area contributed by atoms with E-state index in [1.54, 1.807) is 6.08 Å². The van der Waals surface area contributed by atoms with Crippen LogP contribution < -0.4 is 10.4 Å². The fraction of sp³-hybridized carbons (Fsp3) is 0. The Morgan fingerprint density at radius 1 is 0.850 bits per heavy atom. The van der Waals surface area contributed by atoms with E-state index in [0.29, 0.717) is 0 Å². The van der Waals surface area contributed by atoms with Crippen LogP contribution in [0.4, 0.5) is 0 Å². The van der Waals surface area contributed by atoms with Crippen LogP contribution in [0.25, 0.3) is 33.8 Å². The molecular weight excluding hydrogens is 242 g/mol. The van der Waals surface area contributed by atoms with Crippen molar-refractivity contribution in [2.45, 2.75) is 0 Å². The summed E-state index contributed by atoms with van der Waals surface area (Å²) >= 11 is 0. The van der Waals surface area contributed by atoms with E-state index in [1.165, 1.54) is 10.8 Å². The fourth-order valence-corrected chi connectivity index (χ4v) is 2.53. The molecule has 0 aliphatic rings. The molecule has 1 heterocycles. The van der Waals surface area contributed by atoms with Crippen LogP contribution in [0, 0.1) is 0 Å². The molecule has 3 aromatic rings. The monoisotopic (exact) mass is 257 g/mol. The number of nitrogens with zero attached hydrogens (tertiary/aromatic N) is 1. The number of pyridine rings is 1. The number of fused-ring (bicyclic) bond motifs is 3. The van der Waals surface area contributed by atoms with Gasteiger partial charge in [0.15, 0.2) is 0 Å². The standard InChI is InChI=1S/C19H15N/c1-3-7-15-13-20-19-17-10-6-5-9-14(17)11-12-18(19)16(15)8-4-2/h3-13H,1-2H2/b15-7-,16-8+. The van der Waals surface area contributed by atoms with Crippen LogP contribution >= 0.6 is 0 Å². The van der Waals surface area contributed by atoms with Crippen LogP contribution in [0.1, 0.15) is 0 Å². The average molecular weight is 257 g/mol. The van der Waals surface area contributed by atoms with E-state index in [-0.39, 0.29) is 0 Å². The first-order chi connectivity index (χ1) is 9.85. The summed E-state index contributed by atoms with van der Waals surface area (Å²) < 4.78 is 0. The van der Waals surface area contributed by atoms with Gasteiger partial charge in [-0.2, -0.15) is 0 Å². The second-order valence-electron chi connectivity index (χ2n) is 4.61. The van der Waals surface area contributed by atoms with E-state index >= 15 is 0 Å². The van der Waals surface area contributed by atoms with Gasteiger partial charge >= 0.3 is 0 Å². The number of aromatic nitrogens is 1. The van der Waals surface area contributed by atoms with Gasteiger partial charge in [-0.15, -0.1) is 0 Å². The topological polar surface area (TPSA) is 12.9 Å². The Hall–Kier alpha value is -2.67. The Morgan fingerprint density at radius 3 is 2.45 bits per heavy atom. The molecular formula is C19H15N. The summed E-state index contributed by atoms with van der Waals surface area (Å²) in [5.41, 5.74) is 1.03. The zero-order valence-corrected chi connectivity index (χ0v) is 11.2. The van der Waals surface area contributed by atoms with Crippen LogP contribution in [0.15, 0.2) is 67.9 Å². The number of hydrogen-bond acceptors (Lipinski definition) is 1. The van der Waals surface area contributed by atoms with Crippen LogP contribution in [0.5, 0.6) is 0 Å². The summed E-state index contributed by atoms with van der Waals surface area (Å²) in [7, 11) is 0. The van der Waals surface area contributed by atoms with Crippen LogP contribution in [0.2, 0.25) is 0 Å². The molecule has 2 aromatic carbocycles. The molecule has 0 aliphatic carbocycles. The van der Waals surface area contributed by atoms with Crippen molar-refractivity contribution in [3.05, 3.63) is 78.3 Å². The van der Waals surface area contributed by atoms with Gasteiger partial charge < -0.3 is 0 Å². The lowest BCUT2D eigenvalue weighted by Crippen LogP contribution is -2.25. The summed E-state index contributed by atoms with van der Waals surface area (Å²) in [6, 6.07) is 12.6. The second kappa shape index (κ2) is 5.14. The zero-order chi connectivity index (χ0) is 13.9. The second-order valence-corrected chi connectivity index (χ2v) is 4.61. The Labute approximate surface area is 117 Å². The van der Waals surface area contributed by atoms with E-state index in [1.807, 2.05) is 36.6 Å². The summed E-state index contributed by atoms with van der Waals surface area (Å²) in [4.78, 5) is 4.64. The third-order valence-electron chi connectivity index (χ3n) is 3.42. The molecule has 0 spiro atoms. The summed E-state index contributed by atoms with van der Waals surface area (Å²) in [6.07, 6.45) is 9.48. The third kappa shape index (κ3) is 1.94. The van der Waals surface area contributed by atoms with Gasteiger partial charge in [0.05, 0.1) is 5.52 Å². The van der Waals surface area contributed by atoms with Gasteiger partial charge in [0.1, 0.15) is 0 Å². The van der Waals surface area contributed by atoms with Crippen molar-refractivity contribution in [1.82, 2.24) is 4.98 Å². The molecule has 20 heavy (non-hydrogen) atoms. The molecule has 0 unspecified atom stereocenters. The predicted octanol–water partition coefficient (Wildman–Crippen LogP) is 3.32. The third-order valence-corrected chi connectivity index (χ3v) is 3.42. The lowest BCUT2D eigenvalue weighted by Gasteiger charge is -2.04. The molecule has 96 valence electrons. The molecule has 0 bridgehead atoms. The summed E-state index contributed by atoms with van der Waals surface area (Å²) in [5.74, 6) is 0. The van der Waals surface area contributed by atoms with Gasteiger partial charge in [0, 0.05) is 22.2 Å². The maximum absolute atomic E-state index is 4.64. The minimum Gasteiger partial charge on any atom is -0.255 e. The first-order valence-corrected chi connectivity index (χ1v) is 6.57. The Balaban J connectivity index is 2.59.